The number of rotatable bonds is 4. The number of nitrogens with zero attached hydrogens (tertiary/aromatic N) is 5. The smallest absolute Gasteiger partial charge is 0.246 e. The van der Waals surface area contributed by atoms with Gasteiger partial charge in [0.2, 0.25) is 17.6 Å². The Balaban J connectivity index is 1.71. The van der Waals surface area contributed by atoms with Crippen molar-refractivity contribution in [2.75, 3.05) is 13.6 Å². The van der Waals surface area contributed by atoms with Crippen molar-refractivity contribution in [1.29, 1.82) is 0 Å². The van der Waals surface area contributed by atoms with Gasteiger partial charge in [-0.1, -0.05) is 0 Å². The van der Waals surface area contributed by atoms with Crippen LogP contribution in [0.5, 0.6) is 0 Å². The van der Waals surface area contributed by atoms with Crippen molar-refractivity contribution in [3.63, 3.8) is 0 Å². The molecule has 3 rings (SSSR count). The van der Waals surface area contributed by atoms with E-state index in [-0.39, 0.29) is 36.0 Å². The van der Waals surface area contributed by atoms with Gasteiger partial charge in [-0.15, -0.1) is 10.2 Å². The summed E-state index contributed by atoms with van der Waals surface area (Å²) in [7, 11) is 1.52. The number of likely N-dealkylation sites (tertiary alicyclic amines) is 1. The van der Waals surface area contributed by atoms with Gasteiger partial charge < -0.3 is 16.0 Å². The van der Waals surface area contributed by atoms with Gasteiger partial charge in [-0.25, -0.2) is 4.39 Å². The van der Waals surface area contributed by atoms with Crippen LogP contribution in [0.15, 0.2) is 24.3 Å². The SMILES string of the molecule is CNC(=O)[C@@H]1C[C@@H](N)CN1C(=O)Cn1nnc(-c2ccc(F)cc2)n1. The fourth-order valence-electron chi connectivity index (χ4n) is 2.80. The Bertz CT molecular complexity index is 776. The molecule has 10 heteroatoms. The first kappa shape index (κ1) is 17.0. The fraction of sp³-hybridized carbons (Fsp3) is 0.400. The lowest BCUT2D eigenvalue weighted by Gasteiger charge is -2.22. The largest absolute Gasteiger partial charge is 0.357 e. The third kappa shape index (κ3) is 3.63. The zero-order chi connectivity index (χ0) is 18.0. The van der Waals surface area contributed by atoms with Gasteiger partial charge in [-0.05, 0) is 35.9 Å². The van der Waals surface area contributed by atoms with Crippen LogP contribution in [-0.4, -0.2) is 62.6 Å². The van der Waals surface area contributed by atoms with Gasteiger partial charge in [0.25, 0.3) is 0 Å². The summed E-state index contributed by atoms with van der Waals surface area (Å²) in [6.45, 7) is 0.144. The molecule has 0 radical (unpaired) electrons. The maximum atomic E-state index is 13.0. The van der Waals surface area contributed by atoms with E-state index in [0.717, 1.165) is 4.80 Å². The Morgan fingerprint density at radius 2 is 2.08 bits per heavy atom. The molecule has 0 spiro atoms. The zero-order valence-electron chi connectivity index (χ0n) is 13.6. The zero-order valence-corrected chi connectivity index (χ0v) is 13.6. The van der Waals surface area contributed by atoms with Crippen molar-refractivity contribution in [3.05, 3.63) is 30.1 Å². The van der Waals surface area contributed by atoms with E-state index in [4.69, 9.17) is 5.73 Å². The first-order valence-corrected chi connectivity index (χ1v) is 7.78. The molecule has 3 N–H and O–H groups in total. The van der Waals surface area contributed by atoms with Crippen LogP contribution >= 0.6 is 0 Å². The summed E-state index contributed by atoms with van der Waals surface area (Å²) in [4.78, 5) is 27.0. The van der Waals surface area contributed by atoms with Crippen molar-refractivity contribution in [1.82, 2.24) is 30.4 Å². The molecule has 2 aromatic rings. The molecule has 2 atom stereocenters. The minimum absolute atomic E-state index is 0.158. The van der Waals surface area contributed by atoms with Gasteiger partial charge in [0, 0.05) is 25.2 Å². The molecule has 1 aliphatic rings. The van der Waals surface area contributed by atoms with Crippen LogP contribution in [0.4, 0.5) is 4.39 Å². The number of tetrazole rings is 1. The molecule has 9 nitrogen and oxygen atoms in total. The van der Waals surface area contributed by atoms with E-state index in [2.05, 4.69) is 20.7 Å². The molecule has 0 bridgehead atoms. The van der Waals surface area contributed by atoms with Gasteiger partial charge >= 0.3 is 0 Å². The van der Waals surface area contributed by atoms with Crippen LogP contribution in [-0.2, 0) is 16.1 Å². The second-order valence-corrected chi connectivity index (χ2v) is 5.82. The average molecular weight is 347 g/mol. The molecule has 0 saturated carbocycles. The number of carbonyl (C=O) groups excluding carboxylic acids is 2. The molecule has 0 aliphatic carbocycles. The first-order chi connectivity index (χ1) is 12.0. The summed E-state index contributed by atoms with van der Waals surface area (Å²) < 4.78 is 13.0. The summed E-state index contributed by atoms with van der Waals surface area (Å²) in [5.41, 5.74) is 6.47. The fourth-order valence-corrected chi connectivity index (χ4v) is 2.80. The van der Waals surface area contributed by atoms with E-state index in [1.807, 2.05) is 0 Å². The summed E-state index contributed by atoms with van der Waals surface area (Å²) >= 11 is 0. The van der Waals surface area contributed by atoms with Crippen molar-refractivity contribution >= 4 is 11.8 Å². The molecule has 132 valence electrons. The van der Waals surface area contributed by atoms with E-state index in [1.54, 1.807) is 0 Å². The van der Waals surface area contributed by atoms with Gasteiger partial charge in [-0.3, -0.25) is 9.59 Å². The van der Waals surface area contributed by atoms with Gasteiger partial charge in [0.1, 0.15) is 18.4 Å². The van der Waals surface area contributed by atoms with Crippen LogP contribution in [0.2, 0.25) is 0 Å². The highest BCUT2D eigenvalue weighted by Crippen LogP contribution is 2.18. The molecule has 1 saturated heterocycles. The molecule has 1 aromatic carbocycles. The summed E-state index contributed by atoms with van der Waals surface area (Å²) in [5, 5.41) is 14.4. The summed E-state index contributed by atoms with van der Waals surface area (Å²) in [6, 6.07) is 4.80. The topological polar surface area (TPSA) is 119 Å². The summed E-state index contributed by atoms with van der Waals surface area (Å²) in [5.74, 6) is -0.643. The Labute approximate surface area is 143 Å². The highest BCUT2D eigenvalue weighted by atomic mass is 19.1. The maximum absolute atomic E-state index is 13.0. The molecule has 1 aliphatic heterocycles. The number of nitrogens with one attached hydrogen (secondary N) is 1. The van der Waals surface area contributed by atoms with Crippen molar-refractivity contribution < 1.29 is 14.0 Å². The lowest BCUT2D eigenvalue weighted by Crippen LogP contribution is -2.46. The molecule has 1 fully saturated rings. The number of halogens is 1. The number of hydrogen-bond donors (Lipinski definition) is 2. The van der Waals surface area contributed by atoms with Crippen LogP contribution in [0.3, 0.4) is 0 Å². The second-order valence-electron chi connectivity index (χ2n) is 5.82. The minimum atomic E-state index is -0.590. The van der Waals surface area contributed by atoms with Crippen molar-refractivity contribution in [3.8, 4) is 11.4 Å². The molecule has 2 heterocycles. The van der Waals surface area contributed by atoms with Crippen LogP contribution in [0.1, 0.15) is 6.42 Å². The number of carbonyl (C=O) groups is 2. The molecular formula is C15H18FN7O2. The van der Waals surface area contributed by atoms with Crippen molar-refractivity contribution in [2.45, 2.75) is 25.0 Å². The Hall–Kier alpha value is -2.88. The highest BCUT2D eigenvalue weighted by Gasteiger charge is 2.37. The normalized spacial score (nSPS) is 19.9. The molecule has 25 heavy (non-hydrogen) atoms. The summed E-state index contributed by atoms with van der Waals surface area (Å²) in [6.07, 6.45) is 0.414. The van der Waals surface area contributed by atoms with Gasteiger partial charge in [0.05, 0.1) is 0 Å². The lowest BCUT2D eigenvalue weighted by molar-refractivity contribution is -0.139. The van der Waals surface area contributed by atoms with E-state index < -0.39 is 6.04 Å². The number of amides is 2. The highest BCUT2D eigenvalue weighted by molar-refractivity contribution is 5.88. The van der Waals surface area contributed by atoms with Crippen LogP contribution in [0.25, 0.3) is 11.4 Å². The third-order valence-corrected chi connectivity index (χ3v) is 4.03. The Kier molecular flexibility index (Phi) is 4.70. The third-order valence-electron chi connectivity index (χ3n) is 4.03. The first-order valence-electron chi connectivity index (χ1n) is 7.78. The van der Waals surface area contributed by atoms with Crippen LogP contribution in [0, 0.1) is 5.82 Å². The Morgan fingerprint density at radius 1 is 1.36 bits per heavy atom. The maximum Gasteiger partial charge on any atom is 0.246 e. The molecular weight excluding hydrogens is 329 g/mol. The van der Waals surface area contributed by atoms with Crippen LogP contribution < -0.4 is 11.1 Å². The molecule has 2 amide bonds. The standard InChI is InChI=1S/C15H18FN7O2/c1-18-15(25)12-6-11(17)7-22(12)13(24)8-23-20-14(19-21-23)9-2-4-10(16)5-3-9/h2-5,11-12H,6-8,17H2,1H3,(H,18,25)/t11-,12+/m1/s1. The van der Waals surface area contributed by atoms with E-state index in [1.165, 1.54) is 36.2 Å². The predicted molar refractivity (Wildman–Crippen MR) is 85.4 cm³/mol. The number of likely N-dealkylation sites (N-methyl/N-ethyl adjacent to an activating group) is 1. The number of nitrogens with two attached hydrogens (primary N) is 1. The number of aromatic nitrogens is 4. The van der Waals surface area contributed by atoms with E-state index in [0.29, 0.717) is 18.5 Å². The molecule has 1 aromatic heterocycles. The predicted octanol–water partition coefficient (Wildman–Crippen LogP) is -0.847. The molecule has 0 unspecified atom stereocenters. The minimum Gasteiger partial charge on any atom is -0.357 e. The average Bonchev–Trinajstić information content (AvgIpc) is 3.21. The number of benzene rings is 1. The number of hydrogen-bond acceptors (Lipinski definition) is 6. The Morgan fingerprint density at radius 3 is 2.76 bits per heavy atom. The quantitative estimate of drug-likeness (QED) is 0.744. The second kappa shape index (κ2) is 6.93. The van der Waals surface area contributed by atoms with E-state index in [9.17, 15) is 14.0 Å². The van der Waals surface area contributed by atoms with Crippen molar-refractivity contribution in [2.24, 2.45) is 5.73 Å². The monoisotopic (exact) mass is 347 g/mol. The van der Waals surface area contributed by atoms with E-state index >= 15 is 0 Å². The van der Waals surface area contributed by atoms with Gasteiger partial charge in [-0.2, -0.15) is 4.80 Å². The lowest BCUT2D eigenvalue weighted by atomic mass is 10.1. The van der Waals surface area contributed by atoms with Gasteiger partial charge in [0.15, 0.2) is 0 Å².